The number of hydrogen-bond donors (Lipinski definition) is 1. The number of carboxylic acids is 1. The Balaban J connectivity index is 2.56. The average Bonchev–Trinajstić information content (AvgIpc) is 2.83. The standard InChI is InChI=1S/C23H22F6N6O3/c1-8(2)11-12(14(24)17(27)19(15(11)25)32-34-30)10(36)6-5-7-23(22(37)38)13(9(3)4)16(26)20(33-35-31)18(28)21(23)29/h8-9,21H,5-7H2,1-4H3,(H,37,38). The lowest BCUT2D eigenvalue weighted by atomic mass is 9.65. The van der Waals surface area contributed by atoms with Crippen LogP contribution in [0.1, 0.15) is 68.8 Å². The lowest BCUT2D eigenvalue weighted by Crippen LogP contribution is -2.46. The molecule has 15 heteroatoms. The molecule has 1 N–H and O–H groups in total. The van der Waals surface area contributed by atoms with E-state index in [-0.39, 0.29) is 0 Å². The first-order valence-corrected chi connectivity index (χ1v) is 11.2. The molecule has 0 radical (unpaired) electrons. The van der Waals surface area contributed by atoms with Crippen LogP contribution in [0, 0.1) is 28.8 Å². The van der Waals surface area contributed by atoms with Crippen molar-refractivity contribution in [2.75, 3.05) is 0 Å². The number of allylic oxidation sites excluding steroid dienone is 2. The maximum atomic E-state index is 15.3. The molecule has 9 nitrogen and oxygen atoms in total. The molecule has 0 bridgehead atoms. The maximum Gasteiger partial charge on any atom is 0.317 e. The minimum Gasteiger partial charge on any atom is -0.480 e. The highest BCUT2D eigenvalue weighted by Crippen LogP contribution is 2.52. The van der Waals surface area contributed by atoms with Gasteiger partial charge in [0.2, 0.25) is 0 Å². The van der Waals surface area contributed by atoms with Gasteiger partial charge in [-0.25, -0.2) is 26.3 Å². The first kappa shape index (κ1) is 30.3. The van der Waals surface area contributed by atoms with Crippen molar-refractivity contribution in [2.45, 2.75) is 59.0 Å². The van der Waals surface area contributed by atoms with Gasteiger partial charge in [-0.3, -0.25) is 9.59 Å². The van der Waals surface area contributed by atoms with E-state index < -0.39 is 112 Å². The molecule has 0 heterocycles. The van der Waals surface area contributed by atoms with E-state index in [4.69, 9.17) is 11.1 Å². The highest BCUT2D eigenvalue weighted by atomic mass is 19.2. The second-order valence-electron chi connectivity index (χ2n) is 9.11. The molecule has 0 fully saturated rings. The van der Waals surface area contributed by atoms with Gasteiger partial charge in [0.25, 0.3) is 0 Å². The van der Waals surface area contributed by atoms with Crippen LogP contribution in [0.3, 0.4) is 0 Å². The Labute approximate surface area is 212 Å². The number of alkyl halides is 1. The van der Waals surface area contributed by atoms with Crippen LogP contribution in [0.15, 0.2) is 33.2 Å². The third-order valence-corrected chi connectivity index (χ3v) is 6.22. The fourth-order valence-electron chi connectivity index (χ4n) is 4.66. The molecule has 0 saturated carbocycles. The van der Waals surface area contributed by atoms with Gasteiger partial charge < -0.3 is 5.11 Å². The zero-order chi connectivity index (χ0) is 29.1. The lowest BCUT2D eigenvalue weighted by molar-refractivity contribution is -0.151. The quantitative estimate of drug-likeness (QED) is 0.0787. The van der Waals surface area contributed by atoms with E-state index in [9.17, 15) is 32.3 Å². The van der Waals surface area contributed by atoms with Gasteiger partial charge in [-0.05, 0) is 41.3 Å². The number of azide groups is 2. The number of ketones is 1. The van der Waals surface area contributed by atoms with E-state index in [1.807, 2.05) is 0 Å². The number of halogens is 6. The van der Waals surface area contributed by atoms with Gasteiger partial charge in [0.1, 0.15) is 34.3 Å². The molecule has 0 aliphatic heterocycles. The van der Waals surface area contributed by atoms with Crippen LogP contribution in [-0.2, 0) is 4.79 Å². The topological polar surface area (TPSA) is 152 Å². The van der Waals surface area contributed by atoms with Crippen LogP contribution < -0.4 is 0 Å². The third kappa shape index (κ3) is 4.94. The van der Waals surface area contributed by atoms with Crippen LogP contribution in [0.5, 0.6) is 0 Å². The van der Waals surface area contributed by atoms with Crippen molar-refractivity contribution >= 4 is 17.4 Å². The largest absolute Gasteiger partial charge is 0.480 e. The molecule has 2 atom stereocenters. The predicted octanol–water partition coefficient (Wildman–Crippen LogP) is 8.32. The summed E-state index contributed by atoms with van der Waals surface area (Å²) in [6.07, 6.45) is -5.28. The average molecular weight is 544 g/mol. The van der Waals surface area contributed by atoms with Crippen molar-refractivity contribution in [3.05, 3.63) is 72.4 Å². The van der Waals surface area contributed by atoms with Crippen LogP contribution >= 0.6 is 0 Å². The van der Waals surface area contributed by atoms with Gasteiger partial charge in [-0.15, -0.1) is 0 Å². The zero-order valence-electron chi connectivity index (χ0n) is 20.6. The van der Waals surface area contributed by atoms with Crippen LogP contribution in [0.25, 0.3) is 20.9 Å². The molecular formula is C23H22F6N6O3. The molecule has 0 spiro atoms. The van der Waals surface area contributed by atoms with E-state index in [0.717, 1.165) is 0 Å². The van der Waals surface area contributed by atoms with Gasteiger partial charge in [0.15, 0.2) is 23.6 Å². The SMILES string of the molecule is CC(C)C1=C(F)C(N=[N+]=[N-])=C(F)C(F)C1(CCCC(=O)c1c(F)c(F)c(N=[N+]=[N-])c(F)c1C(C)C)C(=O)O. The number of rotatable bonds is 10. The fourth-order valence-corrected chi connectivity index (χ4v) is 4.66. The molecule has 0 saturated heterocycles. The highest BCUT2D eigenvalue weighted by Gasteiger charge is 2.57. The summed E-state index contributed by atoms with van der Waals surface area (Å²) >= 11 is 0. The second kappa shape index (κ2) is 11.6. The lowest BCUT2D eigenvalue weighted by Gasteiger charge is -2.39. The van der Waals surface area contributed by atoms with Crippen molar-refractivity contribution in [3.63, 3.8) is 0 Å². The molecule has 204 valence electrons. The number of aliphatic carboxylic acids is 1. The first-order valence-electron chi connectivity index (χ1n) is 11.2. The maximum absolute atomic E-state index is 15.3. The normalized spacial score (nSPS) is 19.5. The number of carbonyl (C=O) groups excluding carboxylic acids is 1. The molecule has 2 rings (SSSR count). The van der Waals surface area contributed by atoms with Crippen LogP contribution in [0.2, 0.25) is 0 Å². The van der Waals surface area contributed by atoms with Crippen molar-refractivity contribution in [2.24, 2.45) is 21.6 Å². The number of carbonyl (C=O) groups is 2. The Kier molecular flexibility index (Phi) is 9.25. The molecular weight excluding hydrogens is 522 g/mol. The number of Topliss-reactive ketones (excluding diaryl/α,β-unsaturated/α-hetero) is 1. The summed E-state index contributed by atoms with van der Waals surface area (Å²) in [4.78, 5) is 29.6. The number of benzene rings is 1. The Morgan fingerprint density at radius 1 is 0.974 bits per heavy atom. The first-order chi connectivity index (χ1) is 17.7. The monoisotopic (exact) mass is 544 g/mol. The van der Waals surface area contributed by atoms with E-state index in [1.165, 1.54) is 27.7 Å². The van der Waals surface area contributed by atoms with Gasteiger partial charge in [0.05, 0.1) is 5.56 Å². The second-order valence-corrected chi connectivity index (χ2v) is 9.11. The van der Waals surface area contributed by atoms with Gasteiger partial charge in [-0.1, -0.05) is 37.9 Å². The Hall–Kier alpha value is -3.96. The molecule has 0 amide bonds. The number of carboxylic acid groups (broad SMARTS) is 1. The van der Waals surface area contributed by atoms with E-state index >= 15 is 8.78 Å². The molecule has 0 aromatic heterocycles. The zero-order valence-corrected chi connectivity index (χ0v) is 20.6. The summed E-state index contributed by atoms with van der Waals surface area (Å²) in [7, 11) is 0. The van der Waals surface area contributed by atoms with Crippen LogP contribution in [-0.4, -0.2) is 23.0 Å². The van der Waals surface area contributed by atoms with Crippen molar-refractivity contribution in [3.8, 4) is 0 Å². The molecule has 1 aliphatic carbocycles. The van der Waals surface area contributed by atoms with E-state index in [2.05, 4.69) is 20.1 Å². The van der Waals surface area contributed by atoms with Crippen molar-refractivity contribution < 1.29 is 41.0 Å². The summed E-state index contributed by atoms with van der Waals surface area (Å²) < 4.78 is 89.2. The molecule has 1 aromatic rings. The summed E-state index contributed by atoms with van der Waals surface area (Å²) in [5.41, 5.74) is 9.27. The molecule has 1 aromatic carbocycles. The number of nitrogens with zero attached hydrogens (tertiary/aromatic N) is 6. The Morgan fingerprint density at radius 3 is 2.03 bits per heavy atom. The third-order valence-electron chi connectivity index (χ3n) is 6.22. The predicted molar refractivity (Wildman–Crippen MR) is 123 cm³/mol. The highest BCUT2D eigenvalue weighted by molar-refractivity contribution is 5.98. The smallest absolute Gasteiger partial charge is 0.317 e. The molecule has 38 heavy (non-hydrogen) atoms. The summed E-state index contributed by atoms with van der Waals surface area (Å²) in [6.45, 7) is 5.28. The summed E-state index contributed by atoms with van der Waals surface area (Å²) in [5.74, 6) is -13.8. The van der Waals surface area contributed by atoms with Gasteiger partial charge >= 0.3 is 5.97 Å². The van der Waals surface area contributed by atoms with E-state index in [1.54, 1.807) is 0 Å². The fraction of sp³-hybridized carbons (Fsp3) is 0.478. The van der Waals surface area contributed by atoms with Crippen molar-refractivity contribution in [1.29, 1.82) is 0 Å². The summed E-state index contributed by atoms with van der Waals surface area (Å²) in [6, 6.07) is 0. The minimum atomic E-state index is -3.01. The van der Waals surface area contributed by atoms with E-state index in [0.29, 0.717) is 0 Å². The minimum absolute atomic E-state index is 0.600. The Bertz CT molecular complexity index is 1350. The number of hydrogen-bond acceptors (Lipinski definition) is 4. The van der Waals surface area contributed by atoms with Gasteiger partial charge in [0, 0.05) is 21.8 Å². The van der Waals surface area contributed by atoms with Gasteiger partial charge in [-0.2, -0.15) is 0 Å². The summed E-state index contributed by atoms with van der Waals surface area (Å²) in [5, 5.41) is 15.5. The molecule has 1 aliphatic rings. The van der Waals surface area contributed by atoms with Crippen LogP contribution in [0.4, 0.5) is 32.0 Å². The Morgan fingerprint density at radius 2 is 1.55 bits per heavy atom. The van der Waals surface area contributed by atoms with Crippen molar-refractivity contribution in [1.82, 2.24) is 0 Å². The molecule has 2 unspecified atom stereocenters.